The highest BCUT2D eigenvalue weighted by Crippen LogP contribution is 2.36. The van der Waals surface area contributed by atoms with Crippen LogP contribution in [0.4, 0.5) is 0 Å². The van der Waals surface area contributed by atoms with E-state index in [0.29, 0.717) is 6.42 Å². The third-order valence-corrected chi connectivity index (χ3v) is 1.27. The highest BCUT2D eigenvalue weighted by atomic mass is 80.0. The summed E-state index contributed by atoms with van der Waals surface area (Å²) in [5, 5.41) is 0. The van der Waals surface area contributed by atoms with Crippen molar-refractivity contribution in [1.82, 2.24) is 0 Å². The summed E-state index contributed by atoms with van der Waals surface area (Å²) in [7, 11) is 0. The maximum atomic E-state index is 9.55. The van der Waals surface area contributed by atoms with Gasteiger partial charge in [0.1, 0.15) is 2.14 Å². The van der Waals surface area contributed by atoms with Crippen LogP contribution in [0.15, 0.2) is 0 Å². The average molecular weight is 318 g/mol. The lowest BCUT2D eigenvalue weighted by molar-refractivity contribution is 0.565. The summed E-state index contributed by atoms with van der Waals surface area (Å²) in [4.78, 5) is 9.55. The largest absolute Gasteiger partial charge is 0.284 e. The smallest absolute Gasteiger partial charge is 0.275 e. The van der Waals surface area contributed by atoms with Crippen molar-refractivity contribution in [2.75, 3.05) is 0 Å². The Bertz CT molecular complexity index is 148. The van der Waals surface area contributed by atoms with Crippen molar-refractivity contribution in [3.05, 3.63) is 0 Å². The molecule has 9 heavy (non-hydrogen) atoms. The third-order valence-electron chi connectivity index (χ3n) is 0.428. The van der Waals surface area contributed by atoms with Crippen LogP contribution < -0.4 is 0 Å². The van der Waals surface area contributed by atoms with Gasteiger partial charge in [-0.25, -0.2) is 0 Å². The molecule has 0 aromatic heterocycles. The van der Waals surface area contributed by atoms with E-state index in [-0.39, 0.29) is 2.14 Å². The van der Waals surface area contributed by atoms with Crippen molar-refractivity contribution in [2.45, 2.75) is 8.56 Å². The Labute approximate surface area is 79.0 Å². The second-order valence-electron chi connectivity index (χ2n) is 1.20. The molecule has 0 spiro atoms. The van der Waals surface area contributed by atoms with Crippen molar-refractivity contribution in [3.63, 3.8) is 0 Å². The number of rotatable bonds is 0. The van der Waals surface area contributed by atoms with Gasteiger partial charge in [-0.1, -0.05) is 53.7 Å². The van der Waals surface area contributed by atoms with Crippen molar-refractivity contribution < 1.29 is 4.79 Å². The van der Waals surface area contributed by atoms with Gasteiger partial charge in [0.2, 0.25) is 0 Å². The summed E-state index contributed by atoms with van der Waals surface area (Å²) < 4.78 is -0.364. The molecule has 0 aromatic rings. The fourth-order valence-electron chi connectivity index (χ4n) is 0.181. The van der Waals surface area contributed by atoms with Crippen LogP contribution in [0.25, 0.3) is 0 Å². The number of halogens is 3. The van der Waals surface area contributed by atoms with Gasteiger partial charge in [0.15, 0.2) is 0 Å². The molecule has 4 heteroatoms. The molecular weight excluding hydrogens is 316 g/mol. The third kappa shape index (κ3) is 8.67. The molecule has 0 heterocycles. The summed E-state index contributed by atoms with van der Waals surface area (Å²) in [6.45, 7) is 0. The van der Waals surface area contributed by atoms with Gasteiger partial charge < -0.3 is 0 Å². The molecule has 0 N–H and O–H groups in total. The molecule has 0 aliphatic carbocycles. The Morgan fingerprint density at radius 3 is 2.22 bits per heavy atom. The first kappa shape index (κ1) is 9.67. The second kappa shape index (κ2) is 4.48. The topological polar surface area (TPSA) is 17.1 Å². The molecule has 0 fully saturated rings. The number of alkyl halides is 3. The summed E-state index contributed by atoms with van der Waals surface area (Å²) >= 11 is 9.63. The first-order valence-electron chi connectivity index (χ1n) is 1.98. The van der Waals surface area contributed by atoms with Crippen LogP contribution in [0.1, 0.15) is 6.42 Å². The second-order valence-corrected chi connectivity index (χ2v) is 8.45. The molecule has 1 radical (unpaired) electrons. The fraction of sp³-hybridized carbons (Fsp3) is 0.400. The van der Waals surface area contributed by atoms with Crippen molar-refractivity contribution in [3.8, 4) is 11.8 Å². The highest BCUT2D eigenvalue weighted by molar-refractivity contribution is 9.39. The minimum atomic E-state index is -0.364. The SMILES string of the molecule is O=[C]C#CCC(Br)(Br)Br. The first-order chi connectivity index (χ1) is 4.06. The molecule has 0 atom stereocenters. The van der Waals surface area contributed by atoms with Crippen LogP contribution in [0.5, 0.6) is 0 Å². The van der Waals surface area contributed by atoms with Gasteiger partial charge in [0.25, 0.3) is 6.29 Å². The summed E-state index contributed by atoms with van der Waals surface area (Å²) in [6, 6.07) is 0. The van der Waals surface area contributed by atoms with Gasteiger partial charge in [-0.05, 0) is 5.92 Å². The van der Waals surface area contributed by atoms with E-state index in [4.69, 9.17) is 0 Å². The van der Waals surface area contributed by atoms with Crippen LogP contribution in [-0.4, -0.2) is 8.43 Å². The molecule has 0 aliphatic heterocycles. The zero-order chi connectivity index (χ0) is 7.33. The predicted octanol–water partition coefficient (Wildman–Crippen LogP) is 2.33. The maximum absolute atomic E-state index is 9.55. The Hall–Kier alpha value is 0.670. The summed E-state index contributed by atoms with van der Waals surface area (Å²) in [5.41, 5.74) is 0. The average Bonchev–Trinajstić information content (AvgIpc) is 1.63. The quantitative estimate of drug-likeness (QED) is 0.495. The van der Waals surface area contributed by atoms with E-state index in [1.54, 1.807) is 0 Å². The van der Waals surface area contributed by atoms with Crippen LogP contribution in [-0.2, 0) is 4.79 Å². The van der Waals surface area contributed by atoms with Crippen LogP contribution in [0.3, 0.4) is 0 Å². The van der Waals surface area contributed by atoms with E-state index >= 15 is 0 Å². The molecule has 0 saturated carbocycles. The Kier molecular flexibility index (Phi) is 4.81. The number of hydrogen-bond donors (Lipinski definition) is 0. The number of hydrogen-bond acceptors (Lipinski definition) is 1. The first-order valence-corrected chi connectivity index (χ1v) is 4.36. The standard InChI is InChI=1S/C5H2Br3O/c6-5(7,8)3-1-2-4-9/h3H2. The summed E-state index contributed by atoms with van der Waals surface area (Å²) in [5.74, 6) is 4.72. The Balaban J connectivity index is 3.62. The molecule has 0 aliphatic rings. The van der Waals surface area contributed by atoms with E-state index in [1.165, 1.54) is 6.29 Å². The Morgan fingerprint density at radius 2 is 1.89 bits per heavy atom. The molecule has 0 amide bonds. The molecule has 49 valence electrons. The zero-order valence-corrected chi connectivity index (χ0v) is 9.01. The molecule has 0 unspecified atom stereocenters. The van der Waals surface area contributed by atoms with Crippen molar-refractivity contribution >= 4 is 54.1 Å². The zero-order valence-electron chi connectivity index (χ0n) is 4.25. The van der Waals surface area contributed by atoms with E-state index < -0.39 is 0 Å². The van der Waals surface area contributed by atoms with Gasteiger partial charge in [-0.3, -0.25) is 4.79 Å². The molecular formula is C5H2Br3O. The summed E-state index contributed by atoms with van der Waals surface area (Å²) in [6.07, 6.45) is 1.97. The van der Waals surface area contributed by atoms with Crippen LogP contribution >= 0.6 is 47.8 Å². The van der Waals surface area contributed by atoms with Crippen molar-refractivity contribution in [2.24, 2.45) is 0 Å². The molecule has 0 aromatic carbocycles. The van der Waals surface area contributed by atoms with Gasteiger partial charge in [0.05, 0.1) is 0 Å². The van der Waals surface area contributed by atoms with E-state index in [1.807, 2.05) is 0 Å². The lowest BCUT2D eigenvalue weighted by Crippen LogP contribution is -1.95. The van der Waals surface area contributed by atoms with E-state index in [0.717, 1.165) is 0 Å². The molecule has 0 rings (SSSR count). The minimum Gasteiger partial charge on any atom is -0.275 e. The van der Waals surface area contributed by atoms with Crippen LogP contribution in [0.2, 0.25) is 0 Å². The Morgan fingerprint density at radius 1 is 1.33 bits per heavy atom. The van der Waals surface area contributed by atoms with Gasteiger partial charge in [0, 0.05) is 6.42 Å². The van der Waals surface area contributed by atoms with Crippen molar-refractivity contribution in [1.29, 1.82) is 0 Å². The lowest BCUT2D eigenvalue weighted by atomic mass is 10.5. The fourth-order valence-corrected chi connectivity index (χ4v) is 0.601. The molecule has 0 saturated heterocycles. The lowest BCUT2D eigenvalue weighted by Gasteiger charge is -2.04. The minimum absolute atomic E-state index is 0.364. The maximum Gasteiger partial charge on any atom is 0.284 e. The normalized spacial score (nSPS) is 9.67. The van der Waals surface area contributed by atoms with Gasteiger partial charge >= 0.3 is 0 Å². The van der Waals surface area contributed by atoms with E-state index in [9.17, 15) is 4.79 Å². The van der Waals surface area contributed by atoms with Gasteiger partial charge in [-0.2, -0.15) is 0 Å². The van der Waals surface area contributed by atoms with Gasteiger partial charge in [-0.15, -0.1) is 0 Å². The highest BCUT2D eigenvalue weighted by Gasteiger charge is 2.14. The monoisotopic (exact) mass is 315 g/mol. The van der Waals surface area contributed by atoms with E-state index in [2.05, 4.69) is 59.6 Å². The van der Waals surface area contributed by atoms with Crippen LogP contribution in [0, 0.1) is 11.8 Å². The molecule has 0 bridgehead atoms. The predicted molar refractivity (Wildman–Crippen MR) is 47.6 cm³/mol. The molecule has 1 nitrogen and oxygen atoms in total. The number of carbonyl (C=O) groups excluding carboxylic acids is 1.